The zero-order valence-corrected chi connectivity index (χ0v) is 11.8. The Bertz CT molecular complexity index is 438. The van der Waals surface area contributed by atoms with Crippen molar-refractivity contribution in [2.24, 2.45) is 0 Å². The van der Waals surface area contributed by atoms with E-state index < -0.39 is 9.05 Å². The fourth-order valence-electron chi connectivity index (χ4n) is 1.65. The lowest BCUT2D eigenvalue weighted by Crippen LogP contribution is -2.22. The van der Waals surface area contributed by atoms with E-state index in [0.29, 0.717) is 0 Å². The van der Waals surface area contributed by atoms with E-state index in [4.69, 9.17) is 10.7 Å². The van der Waals surface area contributed by atoms with Crippen molar-refractivity contribution in [2.75, 3.05) is 13.1 Å². The van der Waals surface area contributed by atoms with Crippen LogP contribution in [0.4, 0.5) is 0 Å². The Hall–Kier alpha value is -0.580. The highest BCUT2D eigenvalue weighted by atomic mass is 35.7. The maximum absolute atomic E-state index is 10.9. The summed E-state index contributed by atoms with van der Waals surface area (Å²) in [7, 11) is 1.74. The second kappa shape index (κ2) is 6.38. The predicted octanol–water partition coefficient (Wildman–Crippen LogP) is 2.60. The molecule has 5 heteroatoms. The van der Waals surface area contributed by atoms with Gasteiger partial charge in [0.15, 0.2) is 0 Å². The molecule has 0 aromatic heterocycles. The molecule has 96 valence electrons. The van der Waals surface area contributed by atoms with E-state index in [1.54, 1.807) is 0 Å². The molecule has 0 aliphatic carbocycles. The Morgan fingerprint density at radius 3 is 1.94 bits per heavy atom. The van der Waals surface area contributed by atoms with E-state index in [1.807, 2.05) is 24.3 Å². The van der Waals surface area contributed by atoms with Crippen molar-refractivity contribution in [1.29, 1.82) is 0 Å². The SMILES string of the molecule is CCN(CC)Cc1ccc(CS(=O)(=O)Cl)cc1. The van der Waals surface area contributed by atoms with Gasteiger partial charge in [-0.15, -0.1) is 0 Å². The molecule has 17 heavy (non-hydrogen) atoms. The van der Waals surface area contributed by atoms with E-state index in [0.717, 1.165) is 25.2 Å². The largest absolute Gasteiger partial charge is 0.300 e. The average Bonchev–Trinajstić information content (AvgIpc) is 2.26. The average molecular weight is 276 g/mol. The molecule has 0 radical (unpaired) electrons. The molecule has 0 saturated carbocycles. The van der Waals surface area contributed by atoms with Crippen LogP contribution in [-0.2, 0) is 21.3 Å². The number of hydrogen-bond donors (Lipinski definition) is 0. The molecule has 0 aliphatic rings. The number of benzene rings is 1. The minimum Gasteiger partial charge on any atom is -0.300 e. The Morgan fingerprint density at radius 1 is 1.06 bits per heavy atom. The van der Waals surface area contributed by atoms with Crippen LogP contribution < -0.4 is 0 Å². The van der Waals surface area contributed by atoms with Gasteiger partial charge < -0.3 is 0 Å². The standard InChI is InChI=1S/C12H18ClNO2S/c1-3-14(4-2)9-11-5-7-12(8-6-11)10-17(13,15)16/h5-8H,3-4,9-10H2,1-2H3. The summed E-state index contributed by atoms with van der Waals surface area (Å²) in [6, 6.07) is 7.54. The van der Waals surface area contributed by atoms with Crippen molar-refractivity contribution >= 4 is 19.7 Å². The fraction of sp³-hybridized carbons (Fsp3) is 0.500. The first-order valence-electron chi connectivity index (χ1n) is 5.67. The third-order valence-corrected chi connectivity index (χ3v) is 3.67. The van der Waals surface area contributed by atoms with Crippen molar-refractivity contribution in [1.82, 2.24) is 4.90 Å². The normalized spacial score (nSPS) is 12.0. The van der Waals surface area contributed by atoms with E-state index in [1.165, 1.54) is 5.56 Å². The van der Waals surface area contributed by atoms with E-state index in [9.17, 15) is 8.42 Å². The molecular weight excluding hydrogens is 258 g/mol. The summed E-state index contributed by atoms with van der Waals surface area (Å²) in [4.78, 5) is 2.30. The highest BCUT2D eigenvalue weighted by Gasteiger charge is 2.07. The van der Waals surface area contributed by atoms with Crippen molar-refractivity contribution in [3.63, 3.8) is 0 Å². The molecular formula is C12H18ClNO2S. The van der Waals surface area contributed by atoms with Gasteiger partial charge in [-0.2, -0.15) is 0 Å². The number of halogens is 1. The van der Waals surface area contributed by atoms with Gasteiger partial charge in [0.25, 0.3) is 0 Å². The maximum atomic E-state index is 10.9. The summed E-state index contributed by atoms with van der Waals surface area (Å²) in [5.41, 5.74) is 1.91. The van der Waals surface area contributed by atoms with Gasteiger partial charge in [0, 0.05) is 17.2 Å². The second-order valence-electron chi connectivity index (χ2n) is 3.96. The molecule has 1 rings (SSSR count). The summed E-state index contributed by atoms with van der Waals surface area (Å²) in [5, 5.41) is 0. The highest BCUT2D eigenvalue weighted by molar-refractivity contribution is 8.13. The molecule has 0 amide bonds. The van der Waals surface area contributed by atoms with Crippen LogP contribution in [0.15, 0.2) is 24.3 Å². The van der Waals surface area contributed by atoms with Gasteiger partial charge in [-0.1, -0.05) is 38.1 Å². The molecule has 0 N–H and O–H groups in total. The molecule has 0 heterocycles. The van der Waals surface area contributed by atoms with Crippen LogP contribution in [-0.4, -0.2) is 26.4 Å². The van der Waals surface area contributed by atoms with Crippen molar-refractivity contribution in [2.45, 2.75) is 26.1 Å². The molecule has 0 saturated heterocycles. The second-order valence-corrected chi connectivity index (χ2v) is 6.74. The van der Waals surface area contributed by atoms with Gasteiger partial charge in [0.1, 0.15) is 0 Å². The van der Waals surface area contributed by atoms with Crippen LogP contribution in [0.5, 0.6) is 0 Å². The summed E-state index contributed by atoms with van der Waals surface area (Å²) >= 11 is 0. The third kappa shape index (κ3) is 5.52. The van der Waals surface area contributed by atoms with Crippen molar-refractivity contribution < 1.29 is 8.42 Å². The lowest BCUT2D eigenvalue weighted by molar-refractivity contribution is 0.296. The molecule has 3 nitrogen and oxygen atoms in total. The Kier molecular flexibility index (Phi) is 5.43. The van der Waals surface area contributed by atoms with Crippen LogP contribution in [0, 0.1) is 0 Å². The molecule has 0 aliphatic heterocycles. The van der Waals surface area contributed by atoms with Gasteiger partial charge in [0.2, 0.25) is 9.05 Å². The lowest BCUT2D eigenvalue weighted by Gasteiger charge is -2.17. The summed E-state index contributed by atoms with van der Waals surface area (Å²) < 4.78 is 21.8. The van der Waals surface area contributed by atoms with Crippen molar-refractivity contribution in [3.05, 3.63) is 35.4 Å². The number of rotatable bonds is 6. The molecule has 0 atom stereocenters. The van der Waals surface area contributed by atoms with Crippen LogP contribution in [0.2, 0.25) is 0 Å². The van der Waals surface area contributed by atoms with E-state index in [2.05, 4.69) is 18.7 Å². The molecule has 1 aromatic rings. The minimum atomic E-state index is -3.46. The van der Waals surface area contributed by atoms with E-state index in [-0.39, 0.29) is 5.75 Å². The topological polar surface area (TPSA) is 37.4 Å². The first-order valence-corrected chi connectivity index (χ1v) is 8.15. The zero-order valence-electron chi connectivity index (χ0n) is 10.2. The zero-order chi connectivity index (χ0) is 12.9. The highest BCUT2D eigenvalue weighted by Crippen LogP contribution is 2.12. The van der Waals surface area contributed by atoms with Crippen molar-refractivity contribution in [3.8, 4) is 0 Å². The molecule has 0 fully saturated rings. The lowest BCUT2D eigenvalue weighted by atomic mass is 10.1. The summed E-state index contributed by atoms with van der Waals surface area (Å²) in [6.45, 7) is 7.15. The van der Waals surface area contributed by atoms with Gasteiger partial charge in [-0.25, -0.2) is 8.42 Å². The minimum absolute atomic E-state index is 0.111. The van der Waals surface area contributed by atoms with Crippen LogP contribution in [0.25, 0.3) is 0 Å². The Labute approximate surface area is 108 Å². The quantitative estimate of drug-likeness (QED) is 0.749. The monoisotopic (exact) mass is 275 g/mol. The van der Waals surface area contributed by atoms with Gasteiger partial charge in [0.05, 0.1) is 5.75 Å². The molecule has 1 aromatic carbocycles. The van der Waals surface area contributed by atoms with Crippen LogP contribution in [0.3, 0.4) is 0 Å². The predicted molar refractivity (Wildman–Crippen MR) is 71.5 cm³/mol. The van der Waals surface area contributed by atoms with Crippen LogP contribution >= 0.6 is 10.7 Å². The van der Waals surface area contributed by atoms with Gasteiger partial charge >= 0.3 is 0 Å². The molecule has 0 bridgehead atoms. The van der Waals surface area contributed by atoms with Crippen LogP contribution in [0.1, 0.15) is 25.0 Å². The number of hydrogen-bond acceptors (Lipinski definition) is 3. The summed E-state index contributed by atoms with van der Waals surface area (Å²) in [5.74, 6) is -0.111. The molecule has 0 unspecified atom stereocenters. The maximum Gasteiger partial charge on any atom is 0.236 e. The Morgan fingerprint density at radius 2 is 1.53 bits per heavy atom. The van der Waals surface area contributed by atoms with Gasteiger partial charge in [-0.05, 0) is 24.2 Å². The molecule has 0 spiro atoms. The first-order chi connectivity index (χ1) is 7.94. The summed E-state index contributed by atoms with van der Waals surface area (Å²) in [6.07, 6.45) is 0. The fourth-order valence-corrected chi connectivity index (χ4v) is 2.61. The number of nitrogens with zero attached hydrogens (tertiary/aromatic N) is 1. The first kappa shape index (κ1) is 14.5. The van der Waals surface area contributed by atoms with Gasteiger partial charge in [-0.3, -0.25) is 4.90 Å². The Balaban J connectivity index is 2.68. The smallest absolute Gasteiger partial charge is 0.236 e. The third-order valence-electron chi connectivity index (χ3n) is 2.66. The van der Waals surface area contributed by atoms with E-state index >= 15 is 0 Å².